The highest BCUT2D eigenvalue weighted by atomic mass is 16.2. The van der Waals surface area contributed by atoms with E-state index in [0.717, 1.165) is 18.8 Å². The van der Waals surface area contributed by atoms with E-state index in [-0.39, 0.29) is 11.3 Å². The normalized spacial score (nSPS) is 13.5. The summed E-state index contributed by atoms with van der Waals surface area (Å²) in [6.07, 6.45) is 0. The SMILES string of the molecule is CCN(CC)C(C)CNC(=O)c1cc(C(C)(C)C)nn1C. The molecule has 1 atom stereocenters. The molecule has 0 fully saturated rings. The molecule has 0 aliphatic heterocycles. The Kier molecular flexibility index (Phi) is 5.96. The lowest BCUT2D eigenvalue weighted by molar-refractivity contribution is 0.0928. The molecular weight excluding hydrogens is 264 g/mol. The van der Waals surface area contributed by atoms with Gasteiger partial charge in [-0.1, -0.05) is 34.6 Å². The lowest BCUT2D eigenvalue weighted by Gasteiger charge is -2.26. The Morgan fingerprint density at radius 3 is 2.38 bits per heavy atom. The van der Waals surface area contributed by atoms with E-state index in [1.807, 2.05) is 13.1 Å². The zero-order chi connectivity index (χ0) is 16.2. The molecule has 0 radical (unpaired) electrons. The van der Waals surface area contributed by atoms with Gasteiger partial charge in [0, 0.05) is 25.0 Å². The molecule has 21 heavy (non-hydrogen) atoms. The minimum atomic E-state index is -0.0560. The topological polar surface area (TPSA) is 50.2 Å². The molecule has 0 saturated heterocycles. The second-order valence-corrected chi connectivity index (χ2v) is 6.57. The number of carbonyl (C=O) groups is 1. The monoisotopic (exact) mass is 294 g/mol. The Bertz CT molecular complexity index is 469. The molecule has 5 nitrogen and oxygen atoms in total. The van der Waals surface area contributed by atoms with Crippen LogP contribution in [0.3, 0.4) is 0 Å². The summed E-state index contributed by atoms with van der Waals surface area (Å²) in [6.45, 7) is 15.3. The zero-order valence-electron chi connectivity index (χ0n) is 14.5. The van der Waals surface area contributed by atoms with Crippen molar-refractivity contribution in [3.63, 3.8) is 0 Å². The van der Waals surface area contributed by atoms with Crippen molar-refractivity contribution in [3.05, 3.63) is 17.5 Å². The molecule has 5 heteroatoms. The summed E-state index contributed by atoms with van der Waals surface area (Å²) >= 11 is 0. The number of nitrogens with zero attached hydrogens (tertiary/aromatic N) is 3. The lowest BCUT2D eigenvalue weighted by Crippen LogP contribution is -2.42. The molecule has 1 aromatic rings. The third-order valence-electron chi connectivity index (χ3n) is 3.87. The highest BCUT2D eigenvalue weighted by Crippen LogP contribution is 2.21. The van der Waals surface area contributed by atoms with Crippen LogP contribution >= 0.6 is 0 Å². The average molecular weight is 294 g/mol. The van der Waals surface area contributed by atoms with Gasteiger partial charge in [-0.15, -0.1) is 0 Å². The second-order valence-electron chi connectivity index (χ2n) is 6.57. The number of rotatable bonds is 6. The maximum Gasteiger partial charge on any atom is 0.269 e. The van der Waals surface area contributed by atoms with Gasteiger partial charge < -0.3 is 5.32 Å². The molecule has 0 spiro atoms. The zero-order valence-corrected chi connectivity index (χ0v) is 14.5. The van der Waals surface area contributed by atoms with Crippen LogP contribution in [0.4, 0.5) is 0 Å². The van der Waals surface area contributed by atoms with E-state index < -0.39 is 0 Å². The molecule has 0 aliphatic carbocycles. The number of aryl methyl sites for hydroxylation is 1. The van der Waals surface area contributed by atoms with Crippen molar-refractivity contribution in [2.24, 2.45) is 7.05 Å². The lowest BCUT2D eigenvalue weighted by atomic mass is 9.92. The van der Waals surface area contributed by atoms with E-state index in [0.29, 0.717) is 18.3 Å². The summed E-state index contributed by atoms with van der Waals surface area (Å²) in [5, 5.41) is 7.45. The maximum absolute atomic E-state index is 12.3. The Balaban J connectivity index is 2.71. The fraction of sp³-hybridized carbons (Fsp3) is 0.750. The molecule has 0 saturated carbocycles. The number of carbonyl (C=O) groups excluding carboxylic acids is 1. The van der Waals surface area contributed by atoms with Crippen molar-refractivity contribution in [2.45, 2.75) is 53.0 Å². The number of likely N-dealkylation sites (N-methyl/N-ethyl adjacent to an activating group) is 1. The van der Waals surface area contributed by atoms with Crippen LogP contribution in [0.5, 0.6) is 0 Å². The molecule has 0 aliphatic rings. The quantitative estimate of drug-likeness (QED) is 0.875. The fourth-order valence-electron chi connectivity index (χ4n) is 2.35. The van der Waals surface area contributed by atoms with Gasteiger partial charge in [-0.05, 0) is 26.1 Å². The van der Waals surface area contributed by atoms with Crippen LogP contribution in [-0.2, 0) is 12.5 Å². The molecule has 1 N–H and O–H groups in total. The summed E-state index contributed by atoms with van der Waals surface area (Å²) < 4.78 is 1.66. The van der Waals surface area contributed by atoms with Crippen LogP contribution in [0, 0.1) is 0 Å². The Morgan fingerprint density at radius 1 is 1.38 bits per heavy atom. The highest BCUT2D eigenvalue weighted by molar-refractivity contribution is 5.92. The van der Waals surface area contributed by atoms with Crippen molar-refractivity contribution in [2.75, 3.05) is 19.6 Å². The standard InChI is InChI=1S/C16H30N4O/c1-8-20(9-2)12(3)11-17-15(21)13-10-14(16(4,5)6)18-19(13)7/h10,12H,8-9,11H2,1-7H3,(H,17,21). The predicted octanol–water partition coefficient (Wildman–Crippen LogP) is 2.18. The van der Waals surface area contributed by atoms with E-state index in [1.165, 1.54) is 0 Å². The molecular formula is C16H30N4O. The van der Waals surface area contributed by atoms with Crippen molar-refractivity contribution in [3.8, 4) is 0 Å². The molecule has 0 aromatic carbocycles. The van der Waals surface area contributed by atoms with Gasteiger partial charge in [0.25, 0.3) is 5.91 Å². The summed E-state index contributed by atoms with van der Waals surface area (Å²) in [7, 11) is 1.82. The van der Waals surface area contributed by atoms with Crippen LogP contribution in [0.2, 0.25) is 0 Å². The van der Waals surface area contributed by atoms with Crippen LogP contribution in [0.1, 0.15) is 57.7 Å². The van der Waals surface area contributed by atoms with Gasteiger partial charge in [-0.25, -0.2) is 0 Å². The smallest absolute Gasteiger partial charge is 0.269 e. The first-order valence-corrected chi connectivity index (χ1v) is 7.77. The number of aromatic nitrogens is 2. The van der Waals surface area contributed by atoms with E-state index in [1.54, 1.807) is 4.68 Å². The molecule has 1 heterocycles. The Hall–Kier alpha value is -1.36. The first-order chi connectivity index (χ1) is 9.70. The van der Waals surface area contributed by atoms with Crippen LogP contribution in [0.25, 0.3) is 0 Å². The minimum Gasteiger partial charge on any atom is -0.349 e. The minimum absolute atomic E-state index is 0.0508. The van der Waals surface area contributed by atoms with Gasteiger partial charge in [-0.3, -0.25) is 14.4 Å². The first-order valence-electron chi connectivity index (χ1n) is 7.77. The van der Waals surface area contributed by atoms with Crippen molar-refractivity contribution >= 4 is 5.91 Å². The molecule has 1 rings (SSSR count). The molecule has 1 aromatic heterocycles. The van der Waals surface area contributed by atoms with Crippen molar-refractivity contribution in [1.29, 1.82) is 0 Å². The highest BCUT2D eigenvalue weighted by Gasteiger charge is 2.22. The number of amides is 1. The third kappa shape index (κ3) is 4.56. The number of hydrogen-bond donors (Lipinski definition) is 1. The average Bonchev–Trinajstić information content (AvgIpc) is 2.79. The Morgan fingerprint density at radius 2 is 1.95 bits per heavy atom. The van der Waals surface area contributed by atoms with E-state index >= 15 is 0 Å². The van der Waals surface area contributed by atoms with Gasteiger partial charge in [-0.2, -0.15) is 5.10 Å². The molecule has 1 amide bonds. The summed E-state index contributed by atoms with van der Waals surface area (Å²) in [5.74, 6) is -0.0560. The molecule has 120 valence electrons. The van der Waals surface area contributed by atoms with Gasteiger partial charge in [0.2, 0.25) is 0 Å². The Labute approximate surface area is 128 Å². The van der Waals surface area contributed by atoms with Gasteiger partial charge >= 0.3 is 0 Å². The number of hydrogen-bond acceptors (Lipinski definition) is 3. The van der Waals surface area contributed by atoms with Gasteiger partial charge in [0.15, 0.2) is 0 Å². The van der Waals surface area contributed by atoms with E-state index in [9.17, 15) is 4.79 Å². The largest absolute Gasteiger partial charge is 0.349 e. The van der Waals surface area contributed by atoms with Crippen LogP contribution in [0.15, 0.2) is 6.07 Å². The van der Waals surface area contributed by atoms with E-state index in [4.69, 9.17) is 0 Å². The molecule has 1 unspecified atom stereocenters. The maximum atomic E-state index is 12.3. The summed E-state index contributed by atoms with van der Waals surface area (Å²) in [5.41, 5.74) is 1.50. The van der Waals surface area contributed by atoms with Crippen molar-refractivity contribution < 1.29 is 4.79 Å². The van der Waals surface area contributed by atoms with Crippen molar-refractivity contribution in [1.82, 2.24) is 20.0 Å². The van der Waals surface area contributed by atoms with Crippen LogP contribution < -0.4 is 5.32 Å². The van der Waals surface area contributed by atoms with Gasteiger partial charge in [0.05, 0.1) is 5.69 Å². The number of nitrogens with one attached hydrogen (secondary N) is 1. The predicted molar refractivity (Wildman–Crippen MR) is 86.6 cm³/mol. The molecule has 0 bridgehead atoms. The first kappa shape index (κ1) is 17.7. The second kappa shape index (κ2) is 7.07. The fourth-order valence-corrected chi connectivity index (χ4v) is 2.35. The van der Waals surface area contributed by atoms with E-state index in [2.05, 4.69) is 56.9 Å². The third-order valence-corrected chi connectivity index (χ3v) is 3.87. The van der Waals surface area contributed by atoms with Crippen LogP contribution in [-0.4, -0.2) is 46.3 Å². The summed E-state index contributed by atoms with van der Waals surface area (Å²) in [6, 6.07) is 2.22. The van der Waals surface area contributed by atoms with Gasteiger partial charge in [0.1, 0.15) is 5.69 Å². The summed E-state index contributed by atoms with van der Waals surface area (Å²) in [4.78, 5) is 14.6.